The van der Waals surface area contributed by atoms with Gasteiger partial charge in [0.05, 0.1) is 6.20 Å². The zero-order valence-corrected chi connectivity index (χ0v) is 9.73. The summed E-state index contributed by atoms with van der Waals surface area (Å²) in [5.41, 5.74) is 1.25. The minimum absolute atomic E-state index is 0.107. The topological polar surface area (TPSA) is 75.7 Å². The van der Waals surface area contributed by atoms with Crippen molar-refractivity contribution in [2.75, 3.05) is 13.1 Å². The van der Waals surface area contributed by atoms with Crippen molar-refractivity contribution in [2.24, 2.45) is 0 Å². The van der Waals surface area contributed by atoms with Crippen molar-refractivity contribution in [1.82, 2.24) is 25.7 Å². The fraction of sp³-hybridized carbons (Fsp3) is 0.545. The van der Waals surface area contributed by atoms with Gasteiger partial charge in [0.2, 0.25) is 5.65 Å². The third-order valence-corrected chi connectivity index (χ3v) is 3.17. The predicted molar refractivity (Wildman–Crippen MR) is 62.8 cm³/mol. The number of fused-ring (bicyclic) bond motifs is 1. The fourth-order valence-corrected chi connectivity index (χ4v) is 2.12. The lowest BCUT2D eigenvalue weighted by atomic mass is 9.94. The molecule has 0 saturated carbocycles. The van der Waals surface area contributed by atoms with Crippen molar-refractivity contribution in [3.63, 3.8) is 0 Å². The fourth-order valence-electron chi connectivity index (χ4n) is 2.12. The van der Waals surface area contributed by atoms with E-state index in [0.29, 0.717) is 5.65 Å². The molecule has 1 aliphatic rings. The van der Waals surface area contributed by atoms with Gasteiger partial charge in [0.1, 0.15) is 16.9 Å². The smallest absolute Gasteiger partial charge is 0.201 e. The van der Waals surface area contributed by atoms with Gasteiger partial charge in [-0.1, -0.05) is 0 Å². The number of pyridine rings is 1. The van der Waals surface area contributed by atoms with E-state index in [2.05, 4.69) is 32.6 Å². The highest BCUT2D eigenvalue weighted by atomic mass is 16.5. The summed E-state index contributed by atoms with van der Waals surface area (Å²) in [7, 11) is 0. The lowest BCUT2D eigenvalue weighted by Crippen LogP contribution is -2.43. The van der Waals surface area contributed by atoms with Gasteiger partial charge >= 0.3 is 0 Å². The van der Waals surface area contributed by atoms with E-state index in [0.717, 1.165) is 37.2 Å². The molecular formula is C11H15N5O. The molecule has 1 aliphatic heterocycles. The van der Waals surface area contributed by atoms with Gasteiger partial charge in [-0.25, -0.2) is 4.98 Å². The Hall–Kier alpha value is -1.69. The molecule has 90 valence electrons. The zero-order valence-electron chi connectivity index (χ0n) is 9.73. The summed E-state index contributed by atoms with van der Waals surface area (Å²) in [6.45, 7) is 4.13. The Labute approximate surface area is 98.8 Å². The van der Waals surface area contributed by atoms with Crippen LogP contribution in [0.2, 0.25) is 0 Å². The molecule has 3 heterocycles. The van der Waals surface area contributed by atoms with Crippen molar-refractivity contribution >= 4 is 11.2 Å². The number of aromatic amines is 1. The number of rotatable bonds is 2. The lowest BCUT2D eigenvalue weighted by molar-refractivity contribution is 0.0554. The quantitative estimate of drug-likeness (QED) is 0.805. The van der Waals surface area contributed by atoms with Gasteiger partial charge in [0.15, 0.2) is 0 Å². The van der Waals surface area contributed by atoms with Crippen molar-refractivity contribution < 1.29 is 4.74 Å². The van der Waals surface area contributed by atoms with Gasteiger partial charge in [0, 0.05) is 6.07 Å². The van der Waals surface area contributed by atoms with Crippen LogP contribution in [0.5, 0.6) is 5.75 Å². The van der Waals surface area contributed by atoms with Crippen molar-refractivity contribution in [3.05, 3.63) is 12.3 Å². The molecule has 6 nitrogen and oxygen atoms in total. The largest absolute Gasteiger partial charge is 0.486 e. The highest BCUT2D eigenvalue weighted by molar-refractivity contribution is 5.69. The number of H-pyrrole nitrogens is 1. The molecule has 2 aromatic heterocycles. The monoisotopic (exact) mass is 233 g/mol. The Morgan fingerprint density at radius 3 is 2.94 bits per heavy atom. The first kappa shape index (κ1) is 10.5. The highest BCUT2D eigenvalue weighted by Gasteiger charge is 2.28. The summed E-state index contributed by atoms with van der Waals surface area (Å²) in [5.74, 6) is 0.760. The first-order valence-electron chi connectivity index (χ1n) is 5.81. The molecule has 0 atom stereocenters. The zero-order chi connectivity index (χ0) is 11.7. The van der Waals surface area contributed by atoms with Crippen LogP contribution in [0, 0.1) is 0 Å². The Kier molecular flexibility index (Phi) is 2.44. The normalized spacial score (nSPS) is 19.4. The second-order valence-electron chi connectivity index (χ2n) is 4.64. The van der Waals surface area contributed by atoms with E-state index in [4.69, 9.17) is 4.74 Å². The number of aromatic nitrogens is 4. The van der Waals surface area contributed by atoms with Gasteiger partial charge in [-0.15, -0.1) is 5.10 Å². The van der Waals surface area contributed by atoms with Crippen LogP contribution in [-0.2, 0) is 0 Å². The van der Waals surface area contributed by atoms with E-state index >= 15 is 0 Å². The molecule has 0 aliphatic carbocycles. The van der Waals surface area contributed by atoms with Gasteiger partial charge < -0.3 is 10.1 Å². The minimum Gasteiger partial charge on any atom is -0.486 e. The Balaban J connectivity index is 1.83. The number of hydrogen-bond acceptors (Lipinski definition) is 5. The molecule has 6 heteroatoms. The number of nitrogens with zero attached hydrogens (tertiary/aromatic N) is 3. The number of nitrogens with one attached hydrogen (secondary N) is 2. The molecule has 2 aromatic rings. The molecule has 17 heavy (non-hydrogen) atoms. The van der Waals surface area contributed by atoms with Gasteiger partial charge in [-0.05, 0) is 32.9 Å². The summed E-state index contributed by atoms with van der Waals surface area (Å²) >= 11 is 0. The van der Waals surface area contributed by atoms with E-state index in [9.17, 15) is 0 Å². The van der Waals surface area contributed by atoms with E-state index in [1.54, 1.807) is 6.20 Å². The summed E-state index contributed by atoms with van der Waals surface area (Å²) in [4.78, 5) is 4.19. The first-order valence-corrected chi connectivity index (χ1v) is 5.81. The maximum atomic E-state index is 6.04. The maximum Gasteiger partial charge on any atom is 0.201 e. The van der Waals surface area contributed by atoms with Crippen LogP contribution < -0.4 is 10.1 Å². The number of hydrogen-bond donors (Lipinski definition) is 2. The number of ether oxygens (including phenoxy) is 1. The van der Waals surface area contributed by atoms with Gasteiger partial charge in [-0.2, -0.15) is 10.3 Å². The third-order valence-electron chi connectivity index (χ3n) is 3.17. The predicted octanol–water partition coefficient (Wildman–Crippen LogP) is 0.874. The van der Waals surface area contributed by atoms with Gasteiger partial charge in [-0.3, -0.25) is 0 Å². The lowest BCUT2D eigenvalue weighted by Gasteiger charge is -2.34. The van der Waals surface area contributed by atoms with E-state index < -0.39 is 0 Å². The minimum atomic E-state index is -0.107. The van der Waals surface area contributed by atoms with Crippen LogP contribution in [0.15, 0.2) is 12.3 Å². The van der Waals surface area contributed by atoms with Crippen molar-refractivity contribution in [1.29, 1.82) is 0 Å². The third kappa shape index (κ3) is 2.08. The second-order valence-corrected chi connectivity index (χ2v) is 4.64. The van der Waals surface area contributed by atoms with Crippen LogP contribution in [-0.4, -0.2) is 39.1 Å². The highest BCUT2D eigenvalue weighted by Crippen LogP contribution is 2.26. The molecular weight excluding hydrogens is 218 g/mol. The molecule has 0 spiro atoms. The van der Waals surface area contributed by atoms with E-state index in [-0.39, 0.29) is 5.60 Å². The molecule has 0 amide bonds. The number of piperidine rings is 1. The molecule has 1 fully saturated rings. The van der Waals surface area contributed by atoms with Crippen LogP contribution in [0.25, 0.3) is 11.2 Å². The maximum absolute atomic E-state index is 6.04. The Morgan fingerprint density at radius 2 is 2.12 bits per heavy atom. The first-order chi connectivity index (χ1) is 8.25. The van der Waals surface area contributed by atoms with Crippen molar-refractivity contribution in [2.45, 2.75) is 25.4 Å². The van der Waals surface area contributed by atoms with Crippen LogP contribution in [0.4, 0.5) is 0 Å². The molecule has 0 bridgehead atoms. The summed E-state index contributed by atoms with van der Waals surface area (Å²) in [6.07, 6.45) is 3.71. The summed E-state index contributed by atoms with van der Waals surface area (Å²) in [5, 5.41) is 13.8. The van der Waals surface area contributed by atoms with Gasteiger partial charge in [0.25, 0.3) is 0 Å². The molecule has 0 unspecified atom stereocenters. The average molecular weight is 233 g/mol. The molecule has 1 saturated heterocycles. The molecule has 0 radical (unpaired) electrons. The van der Waals surface area contributed by atoms with Crippen LogP contribution >= 0.6 is 0 Å². The Morgan fingerprint density at radius 1 is 1.29 bits per heavy atom. The van der Waals surface area contributed by atoms with Crippen LogP contribution in [0.1, 0.15) is 19.8 Å². The summed E-state index contributed by atoms with van der Waals surface area (Å²) < 4.78 is 6.04. The van der Waals surface area contributed by atoms with E-state index in [1.807, 2.05) is 6.07 Å². The Bertz CT molecular complexity index is 517. The second kappa shape index (κ2) is 3.96. The molecule has 3 rings (SSSR count). The standard InChI is InChI=1S/C11H15N5O/c1-11(2-4-12-5-3-11)17-8-6-9-10(13-7-8)15-16-14-9/h6-7,12H,2-5H2,1H3,(H,13,14,15,16). The van der Waals surface area contributed by atoms with Crippen molar-refractivity contribution in [3.8, 4) is 5.75 Å². The van der Waals surface area contributed by atoms with E-state index in [1.165, 1.54) is 0 Å². The SMILES string of the molecule is CC1(Oc2cnc3n[nH]nc3c2)CCNCC1. The molecule has 0 aromatic carbocycles. The average Bonchev–Trinajstić information content (AvgIpc) is 2.76. The molecule has 2 N–H and O–H groups in total. The summed E-state index contributed by atoms with van der Waals surface area (Å²) in [6, 6.07) is 1.87. The van der Waals surface area contributed by atoms with Crippen LogP contribution in [0.3, 0.4) is 0 Å².